The number of aromatic nitrogens is 1. The molecule has 1 amide bonds. The molecule has 2 aromatic carbocycles. The molecule has 5 nitrogen and oxygen atoms in total. The molecule has 0 fully saturated rings. The van der Waals surface area contributed by atoms with Gasteiger partial charge in [-0.25, -0.2) is 14.2 Å². The zero-order valence-electron chi connectivity index (χ0n) is 12.7. The second-order valence-corrected chi connectivity index (χ2v) is 5.28. The number of nitrogens with one attached hydrogen (secondary N) is 1. The van der Waals surface area contributed by atoms with Crippen LogP contribution >= 0.6 is 0 Å². The number of hydrogen-bond acceptors (Lipinski definition) is 3. The van der Waals surface area contributed by atoms with Gasteiger partial charge in [0.2, 0.25) is 5.91 Å². The molecule has 3 aromatic rings. The van der Waals surface area contributed by atoms with Crippen LogP contribution in [0.25, 0.3) is 22.2 Å². The van der Waals surface area contributed by atoms with Crippen molar-refractivity contribution >= 4 is 28.5 Å². The van der Waals surface area contributed by atoms with Gasteiger partial charge in [0, 0.05) is 23.6 Å². The van der Waals surface area contributed by atoms with E-state index in [9.17, 15) is 19.1 Å². The Labute approximate surface area is 136 Å². The molecule has 2 N–H and O–H groups in total. The third kappa shape index (κ3) is 3.08. The monoisotopic (exact) mass is 324 g/mol. The Morgan fingerprint density at radius 3 is 2.58 bits per heavy atom. The van der Waals surface area contributed by atoms with Gasteiger partial charge in [0.25, 0.3) is 0 Å². The summed E-state index contributed by atoms with van der Waals surface area (Å²) in [5, 5.41) is 12.5. The Kier molecular flexibility index (Phi) is 3.95. The van der Waals surface area contributed by atoms with Gasteiger partial charge in [0.05, 0.1) is 16.8 Å². The maximum absolute atomic E-state index is 13.4. The molecule has 0 saturated heterocycles. The summed E-state index contributed by atoms with van der Waals surface area (Å²) < 4.78 is 13.4. The van der Waals surface area contributed by atoms with Crippen LogP contribution in [-0.4, -0.2) is 22.0 Å². The predicted molar refractivity (Wildman–Crippen MR) is 88.4 cm³/mol. The van der Waals surface area contributed by atoms with Crippen LogP contribution in [0.4, 0.5) is 10.1 Å². The highest BCUT2D eigenvalue weighted by Crippen LogP contribution is 2.27. The fourth-order valence-corrected chi connectivity index (χ4v) is 2.48. The van der Waals surface area contributed by atoms with Crippen LogP contribution in [0.2, 0.25) is 0 Å². The number of carbonyl (C=O) groups is 2. The van der Waals surface area contributed by atoms with Crippen molar-refractivity contribution in [3.8, 4) is 11.3 Å². The van der Waals surface area contributed by atoms with Crippen LogP contribution in [0, 0.1) is 5.82 Å². The summed E-state index contributed by atoms with van der Waals surface area (Å²) >= 11 is 0. The zero-order chi connectivity index (χ0) is 17.3. The molecule has 120 valence electrons. The van der Waals surface area contributed by atoms with E-state index in [0.29, 0.717) is 27.8 Å². The number of nitrogens with zero attached hydrogens (tertiary/aromatic N) is 1. The van der Waals surface area contributed by atoms with E-state index < -0.39 is 11.8 Å². The molecule has 1 aromatic heterocycles. The fourth-order valence-electron chi connectivity index (χ4n) is 2.48. The Morgan fingerprint density at radius 2 is 1.92 bits per heavy atom. The van der Waals surface area contributed by atoms with Crippen molar-refractivity contribution in [3.05, 3.63) is 59.9 Å². The third-order valence-corrected chi connectivity index (χ3v) is 3.48. The van der Waals surface area contributed by atoms with E-state index >= 15 is 0 Å². The van der Waals surface area contributed by atoms with Crippen molar-refractivity contribution < 1.29 is 19.1 Å². The van der Waals surface area contributed by atoms with Crippen molar-refractivity contribution in [2.75, 3.05) is 5.32 Å². The van der Waals surface area contributed by atoms with E-state index in [2.05, 4.69) is 10.3 Å². The molecule has 3 rings (SSSR count). The number of carbonyl (C=O) groups excluding carboxylic acids is 1. The number of hydrogen-bond donors (Lipinski definition) is 2. The number of carboxylic acid groups (broad SMARTS) is 1. The molecule has 0 atom stereocenters. The summed E-state index contributed by atoms with van der Waals surface area (Å²) in [6, 6.07) is 12.0. The first-order valence-electron chi connectivity index (χ1n) is 7.15. The summed E-state index contributed by atoms with van der Waals surface area (Å²) in [6.45, 7) is 1.37. The van der Waals surface area contributed by atoms with Crippen LogP contribution in [0.15, 0.2) is 48.5 Å². The minimum Gasteiger partial charge on any atom is -0.478 e. The number of rotatable bonds is 3. The van der Waals surface area contributed by atoms with Crippen LogP contribution < -0.4 is 5.32 Å². The number of amides is 1. The average Bonchev–Trinajstić information content (AvgIpc) is 2.53. The number of aromatic carboxylic acids is 1. The Balaban J connectivity index is 2.21. The molecule has 24 heavy (non-hydrogen) atoms. The van der Waals surface area contributed by atoms with Gasteiger partial charge in [-0.1, -0.05) is 12.1 Å². The number of fused-ring (bicyclic) bond motifs is 1. The van der Waals surface area contributed by atoms with E-state index in [4.69, 9.17) is 0 Å². The third-order valence-electron chi connectivity index (χ3n) is 3.48. The first kappa shape index (κ1) is 15.6. The lowest BCUT2D eigenvalue weighted by molar-refractivity contribution is -0.114. The van der Waals surface area contributed by atoms with E-state index in [-0.39, 0.29) is 11.5 Å². The van der Waals surface area contributed by atoms with E-state index in [1.165, 1.54) is 31.2 Å². The lowest BCUT2D eigenvalue weighted by atomic mass is 10.0. The van der Waals surface area contributed by atoms with Crippen molar-refractivity contribution in [2.24, 2.45) is 0 Å². The van der Waals surface area contributed by atoms with Gasteiger partial charge in [-0.2, -0.15) is 0 Å². The summed E-state index contributed by atoms with van der Waals surface area (Å²) in [5.41, 5.74) is 1.82. The van der Waals surface area contributed by atoms with Crippen molar-refractivity contribution in [2.45, 2.75) is 6.92 Å². The molecular weight excluding hydrogens is 311 g/mol. The van der Waals surface area contributed by atoms with Crippen molar-refractivity contribution in [1.82, 2.24) is 4.98 Å². The van der Waals surface area contributed by atoms with Crippen LogP contribution in [0.5, 0.6) is 0 Å². The Morgan fingerprint density at radius 1 is 1.12 bits per heavy atom. The zero-order valence-corrected chi connectivity index (χ0v) is 12.7. The summed E-state index contributed by atoms with van der Waals surface area (Å²) in [5.74, 6) is -1.80. The largest absolute Gasteiger partial charge is 0.478 e. The van der Waals surface area contributed by atoms with E-state index in [0.717, 1.165) is 0 Å². The summed E-state index contributed by atoms with van der Waals surface area (Å²) in [7, 11) is 0. The summed E-state index contributed by atoms with van der Waals surface area (Å²) in [4.78, 5) is 27.2. The van der Waals surface area contributed by atoms with Gasteiger partial charge < -0.3 is 10.4 Å². The molecule has 0 spiro atoms. The van der Waals surface area contributed by atoms with Gasteiger partial charge >= 0.3 is 5.97 Å². The first-order chi connectivity index (χ1) is 11.4. The van der Waals surface area contributed by atoms with Gasteiger partial charge in [-0.3, -0.25) is 4.79 Å². The molecule has 0 bridgehead atoms. The van der Waals surface area contributed by atoms with Gasteiger partial charge in [-0.15, -0.1) is 0 Å². The predicted octanol–water partition coefficient (Wildman–Crippen LogP) is 3.70. The van der Waals surface area contributed by atoms with E-state index in [1.807, 2.05) is 0 Å². The minimum atomic E-state index is -1.12. The normalized spacial score (nSPS) is 10.6. The highest BCUT2D eigenvalue weighted by Gasteiger charge is 2.14. The van der Waals surface area contributed by atoms with Crippen molar-refractivity contribution in [1.29, 1.82) is 0 Å². The highest BCUT2D eigenvalue weighted by atomic mass is 19.1. The number of benzene rings is 2. The van der Waals surface area contributed by atoms with Crippen LogP contribution in [0.1, 0.15) is 17.3 Å². The number of halogens is 1. The maximum Gasteiger partial charge on any atom is 0.336 e. The van der Waals surface area contributed by atoms with Crippen LogP contribution in [0.3, 0.4) is 0 Å². The molecule has 0 aliphatic heterocycles. The molecule has 0 unspecified atom stereocenters. The minimum absolute atomic E-state index is 0.0338. The molecular formula is C18H13FN2O3. The first-order valence-corrected chi connectivity index (χ1v) is 7.15. The number of carboxylic acids is 1. The molecule has 1 heterocycles. The smallest absolute Gasteiger partial charge is 0.336 e. The Bertz CT molecular complexity index is 970. The second kappa shape index (κ2) is 6.08. The lowest BCUT2D eigenvalue weighted by Crippen LogP contribution is -2.06. The number of pyridine rings is 1. The highest BCUT2D eigenvalue weighted by molar-refractivity contribution is 6.05. The van der Waals surface area contributed by atoms with Crippen LogP contribution in [-0.2, 0) is 4.79 Å². The SMILES string of the molecule is CC(=O)Nc1ccc2nc(-c3cccc(F)c3)cc(C(=O)O)c2c1. The summed E-state index contributed by atoms with van der Waals surface area (Å²) in [6.07, 6.45) is 0. The molecule has 0 aliphatic carbocycles. The molecule has 0 aliphatic rings. The fraction of sp³-hybridized carbons (Fsp3) is 0.0556. The average molecular weight is 324 g/mol. The van der Waals surface area contributed by atoms with Crippen molar-refractivity contribution in [3.63, 3.8) is 0 Å². The molecule has 0 radical (unpaired) electrons. The quantitative estimate of drug-likeness (QED) is 0.770. The van der Waals surface area contributed by atoms with E-state index in [1.54, 1.807) is 24.3 Å². The maximum atomic E-state index is 13.4. The Hall–Kier alpha value is -3.28. The van der Waals surface area contributed by atoms with Gasteiger partial charge in [0.1, 0.15) is 5.82 Å². The molecule has 6 heteroatoms. The van der Waals surface area contributed by atoms with Gasteiger partial charge in [-0.05, 0) is 36.4 Å². The van der Waals surface area contributed by atoms with Gasteiger partial charge in [0.15, 0.2) is 0 Å². The topological polar surface area (TPSA) is 79.3 Å². The number of anilines is 1. The lowest BCUT2D eigenvalue weighted by Gasteiger charge is -2.09. The molecule has 0 saturated carbocycles. The second-order valence-electron chi connectivity index (χ2n) is 5.28. The standard InChI is InChI=1S/C18H13FN2O3/c1-10(22)20-13-5-6-16-14(8-13)15(18(23)24)9-17(21-16)11-3-2-4-12(19)7-11/h2-9H,1H3,(H,20,22)(H,23,24).